The number of amides is 2. The van der Waals surface area contributed by atoms with Crippen LogP contribution in [0.4, 0.5) is 4.79 Å². The first-order valence-electron chi connectivity index (χ1n) is 6.61. The van der Waals surface area contributed by atoms with E-state index >= 15 is 0 Å². The molecule has 0 aliphatic carbocycles. The Balaban J connectivity index is 2.65. The minimum atomic E-state index is -0.423. The zero-order chi connectivity index (χ0) is 13.7. The van der Waals surface area contributed by atoms with Gasteiger partial charge in [0.25, 0.3) is 0 Å². The summed E-state index contributed by atoms with van der Waals surface area (Å²) in [7, 11) is 1.35. The molecule has 104 valence electrons. The molecule has 5 nitrogen and oxygen atoms in total. The van der Waals surface area contributed by atoms with E-state index in [9.17, 15) is 9.59 Å². The van der Waals surface area contributed by atoms with Gasteiger partial charge in [-0.1, -0.05) is 27.2 Å². The third-order valence-corrected chi connectivity index (χ3v) is 3.43. The molecular formula is C13H24N2O3. The molecule has 18 heavy (non-hydrogen) atoms. The van der Waals surface area contributed by atoms with Gasteiger partial charge in [0.1, 0.15) is 0 Å². The Bertz CT molecular complexity index is 305. The Hall–Kier alpha value is -1.26. The van der Waals surface area contributed by atoms with E-state index in [1.807, 2.05) is 18.7 Å². The summed E-state index contributed by atoms with van der Waals surface area (Å²) in [6, 6.07) is -0.00106. The summed E-state index contributed by atoms with van der Waals surface area (Å²) >= 11 is 0. The Labute approximate surface area is 109 Å². The Kier molecular flexibility index (Phi) is 5.44. The molecule has 0 saturated carbocycles. The van der Waals surface area contributed by atoms with E-state index in [0.717, 1.165) is 19.4 Å². The van der Waals surface area contributed by atoms with Crippen molar-refractivity contribution in [1.82, 2.24) is 10.2 Å². The van der Waals surface area contributed by atoms with Crippen molar-refractivity contribution in [3.63, 3.8) is 0 Å². The second-order valence-corrected chi connectivity index (χ2v) is 5.24. The molecule has 2 atom stereocenters. The first kappa shape index (κ1) is 14.8. The van der Waals surface area contributed by atoms with Crippen LogP contribution in [0.1, 0.15) is 33.6 Å². The normalized spacial score (nSPS) is 23.9. The molecule has 0 aromatic carbocycles. The van der Waals surface area contributed by atoms with E-state index in [2.05, 4.69) is 17.0 Å². The van der Waals surface area contributed by atoms with Gasteiger partial charge < -0.3 is 15.0 Å². The minimum Gasteiger partial charge on any atom is -0.453 e. The summed E-state index contributed by atoms with van der Waals surface area (Å²) in [6.45, 7) is 7.31. The SMILES string of the molecule is CCC1CC(NC(=O)OC)CN(C(=O)C(C)C)C1. The molecule has 0 aromatic heterocycles. The molecule has 1 rings (SSSR count). The lowest BCUT2D eigenvalue weighted by Crippen LogP contribution is -2.53. The van der Waals surface area contributed by atoms with Gasteiger partial charge >= 0.3 is 6.09 Å². The van der Waals surface area contributed by atoms with Gasteiger partial charge in [0, 0.05) is 19.0 Å². The molecule has 1 fully saturated rings. The van der Waals surface area contributed by atoms with Gasteiger partial charge in [-0.05, 0) is 12.3 Å². The highest BCUT2D eigenvalue weighted by Gasteiger charge is 2.30. The van der Waals surface area contributed by atoms with Crippen molar-refractivity contribution in [3.05, 3.63) is 0 Å². The fraction of sp³-hybridized carbons (Fsp3) is 0.846. The van der Waals surface area contributed by atoms with Crippen LogP contribution in [0.2, 0.25) is 0 Å². The van der Waals surface area contributed by atoms with Crippen LogP contribution in [-0.2, 0) is 9.53 Å². The molecule has 2 unspecified atom stereocenters. The monoisotopic (exact) mass is 256 g/mol. The van der Waals surface area contributed by atoms with E-state index in [-0.39, 0.29) is 17.9 Å². The fourth-order valence-electron chi connectivity index (χ4n) is 2.37. The second-order valence-electron chi connectivity index (χ2n) is 5.24. The van der Waals surface area contributed by atoms with Crippen LogP contribution in [0.15, 0.2) is 0 Å². The lowest BCUT2D eigenvalue weighted by molar-refractivity contribution is -0.136. The van der Waals surface area contributed by atoms with Gasteiger partial charge in [0.05, 0.1) is 13.2 Å². The molecule has 1 saturated heterocycles. The zero-order valence-corrected chi connectivity index (χ0v) is 11.7. The average molecular weight is 256 g/mol. The largest absolute Gasteiger partial charge is 0.453 e. The van der Waals surface area contributed by atoms with Crippen molar-refractivity contribution >= 4 is 12.0 Å². The lowest BCUT2D eigenvalue weighted by atomic mass is 9.91. The maximum absolute atomic E-state index is 12.0. The smallest absolute Gasteiger partial charge is 0.407 e. The minimum absolute atomic E-state index is 0.000571. The topological polar surface area (TPSA) is 58.6 Å². The van der Waals surface area contributed by atoms with E-state index in [1.54, 1.807) is 0 Å². The van der Waals surface area contributed by atoms with Crippen molar-refractivity contribution < 1.29 is 14.3 Å². The second kappa shape index (κ2) is 6.61. The van der Waals surface area contributed by atoms with Gasteiger partial charge in [-0.2, -0.15) is 0 Å². The number of hydrogen-bond donors (Lipinski definition) is 1. The van der Waals surface area contributed by atoms with Crippen LogP contribution in [-0.4, -0.2) is 43.1 Å². The number of rotatable bonds is 3. The summed E-state index contributed by atoms with van der Waals surface area (Å²) in [4.78, 5) is 25.2. The molecule has 1 aliphatic heterocycles. The predicted octanol–water partition coefficient (Wildman–Crippen LogP) is 1.63. The van der Waals surface area contributed by atoms with Crippen molar-refractivity contribution in [1.29, 1.82) is 0 Å². The number of nitrogens with zero attached hydrogens (tertiary/aromatic N) is 1. The van der Waals surface area contributed by atoms with E-state index in [4.69, 9.17) is 0 Å². The summed E-state index contributed by atoms with van der Waals surface area (Å²) in [6.07, 6.45) is 1.50. The number of likely N-dealkylation sites (tertiary alicyclic amines) is 1. The fourth-order valence-corrected chi connectivity index (χ4v) is 2.37. The van der Waals surface area contributed by atoms with Crippen LogP contribution in [0, 0.1) is 11.8 Å². The molecule has 1 heterocycles. The first-order valence-corrected chi connectivity index (χ1v) is 6.61. The first-order chi connectivity index (χ1) is 8.47. The highest BCUT2D eigenvalue weighted by atomic mass is 16.5. The van der Waals surface area contributed by atoms with E-state index in [1.165, 1.54) is 7.11 Å². The van der Waals surface area contributed by atoms with E-state index in [0.29, 0.717) is 12.5 Å². The van der Waals surface area contributed by atoms with Crippen molar-refractivity contribution in [2.24, 2.45) is 11.8 Å². The third-order valence-electron chi connectivity index (χ3n) is 3.43. The molecule has 1 N–H and O–H groups in total. The lowest BCUT2D eigenvalue weighted by Gasteiger charge is -2.38. The van der Waals surface area contributed by atoms with Crippen LogP contribution in [0.25, 0.3) is 0 Å². The maximum atomic E-state index is 12.0. The molecule has 0 spiro atoms. The number of ether oxygens (including phenoxy) is 1. The van der Waals surface area contributed by atoms with E-state index < -0.39 is 6.09 Å². The van der Waals surface area contributed by atoms with Crippen LogP contribution in [0.5, 0.6) is 0 Å². The van der Waals surface area contributed by atoms with Gasteiger partial charge in [-0.3, -0.25) is 4.79 Å². The maximum Gasteiger partial charge on any atom is 0.407 e. The standard InChI is InChI=1S/C13H24N2O3/c1-5-10-6-11(14-13(17)18-4)8-15(7-10)12(16)9(2)3/h9-11H,5-8H2,1-4H3,(H,14,17). The highest BCUT2D eigenvalue weighted by Crippen LogP contribution is 2.21. The third kappa shape index (κ3) is 3.89. The molecule has 5 heteroatoms. The Morgan fingerprint density at radius 2 is 2.06 bits per heavy atom. The van der Waals surface area contributed by atoms with Crippen LogP contribution in [0.3, 0.4) is 0 Å². The van der Waals surface area contributed by atoms with Crippen LogP contribution >= 0.6 is 0 Å². The Morgan fingerprint density at radius 3 is 2.56 bits per heavy atom. The molecule has 1 aliphatic rings. The van der Waals surface area contributed by atoms with Gasteiger partial charge in [0.2, 0.25) is 5.91 Å². The number of methoxy groups -OCH3 is 1. The molecule has 0 radical (unpaired) electrons. The number of carbonyl (C=O) groups is 2. The summed E-state index contributed by atoms with van der Waals surface area (Å²) < 4.78 is 4.61. The summed E-state index contributed by atoms with van der Waals surface area (Å²) in [5, 5.41) is 2.80. The average Bonchev–Trinajstić information content (AvgIpc) is 2.36. The van der Waals surface area contributed by atoms with Gasteiger partial charge in [0.15, 0.2) is 0 Å². The van der Waals surface area contributed by atoms with Crippen molar-refractivity contribution in [3.8, 4) is 0 Å². The quantitative estimate of drug-likeness (QED) is 0.835. The molecule has 2 amide bonds. The van der Waals surface area contributed by atoms with Gasteiger partial charge in [-0.15, -0.1) is 0 Å². The van der Waals surface area contributed by atoms with Crippen LogP contribution < -0.4 is 5.32 Å². The summed E-state index contributed by atoms with van der Waals surface area (Å²) in [5.41, 5.74) is 0. The number of carbonyl (C=O) groups excluding carboxylic acids is 2. The number of piperidine rings is 1. The number of hydrogen-bond acceptors (Lipinski definition) is 3. The molecular weight excluding hydrogens is 232 g/mol. The summed E-state index contributed by atoms with van der Waals surface area (Å²) in [5.74, 6) is 0.604. The van der Waals surface area contributed by atoms with Gasteiger partial charge in [-0.25, -0.2) is 4.79 Å². The zero-order valence-electron chi connectivity index (χ0n) is 11.7. The highest BCUT2D eigenvalue weighted by molar-refractivity contribution is 5.78. The molecule has 0 bridgehead atoms. The predicted molar refractivity (Wildman–Crippen MR) is 69.1 cm³/mol. The van der Waals surface area contributed by atoms with Crippen molar-refractivity contribution in [2.75, 3.05) is 20.2 Å². The number of alkyl carbamates (subject to hydrolysis) is 1. The number of nitrogens with one attached hydrogen (secondary N) is 1. The Morgan fingerprint density at radius 1 is 1.39 bits per heavy atom. The molecule has 0 aromatic rings. The van der Waals surface area contributed by atoms with Crippen molar-refractivity contribution in [2.45, 2.75) is 39.7 Å².